The van der Waals surface area contributed by atoms with Gasteiger partial charge in [-0.3, -0.25) is 4.79 Å². The van der Waals surface area contributed by atoms with Crippen LogP contribution in [0.3, 0.4) is 0 Å². The lowest BCUT2D eigenvalue weighted by Gasteiger charge is -2.31. The maximum Gasteiger partial charge on any atom is 0.222 e. The lowest BCUT2D eigenvalue weighted by molar-refractivity contribution is -0.132. The van der Waals surface area contributed by atoms with Crippen LogP contribution in [-0.4, -0.2) is 52.4 Å². The number of aromatic nitrogens is 2. The predicted molar refractivity (Wildman–Crippen MR) is 85.5 cm³/mol. The molecule has 5 nitrogen and oxygen atoms in total. The molecule has 1 saturated heterocycles. The molecule has 1 aromatic heterocycles. The monoisotopic (exact) mass is 302 g/mol. The molecular formula is C17H26N4O. The first-order chi connectivity index (χ1) is 10.7. The summed E-state index contributed by atoms with van der Waals surface area (Å²) >= 11 is 0. The standard InChI is InChI=1S/C17H26N4O/c1-3-5-16(22)21-9-7-15-14(12-21)10-18-17(19-15)13-6-4-8-20(2)11-13/h10,13H,3-9,11-12H2,1-2H3. The van der Waals surface area contributed by atoms with Gasteiger partial charge in [-0.2, -0.15) is 0 Å². The van der Waals surface area contributed by atoms with E-state index in [0.717, 1.165) is 43.0 Å². The van der Waals surface area contributed by atoms with Gasteiger partial charge in [-0.25, -0.2) is 9.97 Å². The van der Waals surface area contributed by atoms with Crippen molar-refractivity contribution in [3.8, 4) is 0 Å². The second-order valence-corrected chi connectivity index (χ2v) is 6.62. The third kappa shape index (κ3) is 3.29. The predicted octanol–water partition coefficient (Wildman–Crippen LogP) is 1.97. The summed E-state index contributed by atoms with van der Waals surface area (Å²) < 4.78 is 0. The zero-order chi connectivity index (χ0) is 15.5. The van der Waals surface area contributed by atoms with Crippen LogP contribution in [-0.2, 0) is 17.8 Å². The van der Waals surface area contributed by atoms with Gasteiger partial charge in [0.1, 0.15) is 5.82 Å². The van der Waals surface area contributed by atoms with Gasteiger partial charge in [0, 0.05) is 50.2 Å². The molecule has 22 heavy (non-hydrogen) atoms. The summed E-state index contributed by atoms with van der Waals surface area (Å²) in [5.74, 6) is 1.72. The Kier molecular flexibility index (Phi) is 4.71. The van der Waals surface area contributed by atoms with E-state index < -0.39 is 0 Å². The molecule has 0 radical (unpaired) electrons. The fraction of sp³-hybridized carbons (Fsp3) is 0.706. The number of amides is 1. The van der Waals surface area contributed by atoms with Gasteiger partial charge in [-0.05, 0) is 32.9 Å². The molecule has 5 heteroatoms. The summed E-state index contributed by atoms with van der Waals surface area (Å²) in [5, 5.41) is 0. The van der Waals surface area contributed by atoms with Crippen molar-refractivity contribution in [3.63, 3.8) is 0 Å². The first-order valence-electron chi connectivity index (χ1n) is 8.48. The number of likely N-dealkylation sites (N-methyl/N-ethyl adjacent to an activating group) is 1. The van der Waals surface area contributed by atoms with E-state index in [4.69, 9.17) is 4.98 Å². The number of carbonyl (C=O) groups is 1. The van der Waals surface area contributed by atoms with Crippen LogP contribution in [0.5, 0.6) is 0 Å². The summed E-state index contributed by atoms with van der Waals surface area (Å²) in [6.45, 7) is 5.76. The van der Waals surface area contributed by atoms with Crippen molar-refractivity contribution < 1.29 is 4.79 Å². The van der Waals surface area contributed by atoms with Crippen molar-refractivity contribution >= 4 is 5.91 Å². The van der Waals surface area contributed by atoms with Crippen LogP contribution in [0, 0.1) is 0 Å². The Balaban J connectivity index is 1.72. The number of carbonyl (C=O) groups excluding carboxylic acids is 1. The van der Waals surface area contributed by atoms with E-state index in [0.29, 0.717) is 18.9 Å². The molecule has 3 rings (SSSR count). The lowest BCUT2D eigenvalue weighted by atomic mass is 9.97. The summed E-state index contributed by atoms with van der Waals surface area (Å²) in [7, 11) is 2.17. The van der Waals surface area contributed by atoms with Gasteiger partial charge in [-0.1, -0.05) is 6.92 Å². The van der Waals surface area contributed by atoms with E-state index in [1.54, 1.807) is 0 Å². The number of nitrogens with zero attached hydrogens (tertiary/aromatic N) is 4. The molecule has 2 aliphatic heterocycles. The molecule has 3 heterocycles. The summed E-state index contributed by atoms with van der Waals surface area (Å²) in [6, 6.07) is 0. The lowest BCUT2D eigenvalue weighted by Crippen LogP contribution is -2.37. The minimum Gasteiger partial charge on any atom is -0.338 e. The molecule has 0 saturated carbocycles. The Hall–Kier alpha value is -1.49. The van der Waals surface area contributed by atoms with Crippen molar-refractivity contribution in [3.05, 3.63) is 23.3 Å². The van der Waals surface area contributed by atoms with E-state index in [2.05, 4.69) is 16.9 Å². The highest BCUT2D eigenvalue weighted by molar-refractivity contribution is 5.76. The van der Waals surface area contributed by atoms with Crippen molar-refractivity contribution in [2.75, 3.05) is 26.7 Å². The maximum absolute atomic E-state index is 12.0. The fourth-order valence-electron chi connectivity index (χ4n) is 3.49. The Morgan fingerprint density at radius 1 is 1.41 bits per heavy atom. The first-order valence-corrected chi connectivity index (χ1v) is 8.48. The van der Waals surface area contributed by atoms with E-state index >= 15 is 0 Å². The van der Waals surface area contributed by atoms with Crippen LogP contribution in [0.25, 0.3) is 0 Å². The van der Waals surface area contributed by atoms with E-state index in [-0.39, 0.29) is 5.91 Å². The van der Waals surface area contributed by atoms with Gasteiger partial charge in [-0.15, -0.1) is 0 Å². The highest BCUT2D eigenvalue weighted by Gasteiger charge is 2.25. The number of hydrogen-bond acceptors (Lipinski definition) is 4. The Morgan fingerprint density at radius 2 is 2.27 bits per heavy atom. The van der Waals surface area contributed by atoms with E-state index in [9.17, 15) is 4.79 Å². The largest absolute Gasteiger partial charge is 0.338 e. The summed E-state index contributed by atoms with van der Waals surface area (Å²) in [6.07, 6.45) is 6.78. The first kappa shape index (κ1) is 15.4. The second kappa shape index (κ2) is 6.73. The molecular weight excluding hydrogens is 276 g/mol. The fourth-order valence-corrected chi connectivity index (χ4v) is 3.49. The maximum atomic E-state index is 12.0. The molecule has 1 aromatic rings. The van der Waals surface area contributed by atoms with Gasteiger partial charge in [0.2, 0.25) is 5.91 Å². The zero-order valence-electron chi connectivity index (χ0n) is 13.7. The SMILES string of the molecule is CCCC(=O)N1CCc2nc(C3CCCN(C)C3)ncc2C1. The van der Waals surface area contributed by atoms with Gasteiger partial charge < -0.3 is 9.80 Å². The van der Waals surface area contributed by atoms with E-state index in [1.807, 2.05) is 18.0 Å². The second-order valence-electron chi connectivity index (χ2n) is 6.62. The van der Waals surface area contributed by atoms with Crippen LogP contribution in [0.2, 0.25) is 0 Å². The van der Waals surface area contributed by atoms with Crippen LogP contribution in [0.4, 0.5) is 0 Å². The number of hydrogen-bond donors (Lipinski definition) is 0. The molecule has 0 spiro atoms. The molecule has 1 unspecified atom stereocenters. The van der Waals surface area contributed by atoms with Crippen LogP contribution >= 0.6 is 0 Å². The number of rotatable bonds is 3. The minimum atomic E-state index is 0.256. The van der Waals surface area contributed by atoms with Gasteiger partial charge in [0.25, 0.3) is 0 Å². The molecule has 0 bridgehead atoms. The third-order valence-electron chi connectivity index (χ3n) is 4.76. The molecule has 1 atom stereocenters. The summed E-state index contributed by atoms with van der Waals surface area (Å²) in [5.41, 5.74) is 2.28. The van der Waals surface area contributed by atoms with Crippen molar-refractivity contribution in [1.29, 1.82) is 0 Å². The third-order valence-corrected chi connectivity index (χ3v) is 4.76. The topological polar surface area (TPSA) is 49.3 Å². The molecule has 0 aromatic carbocycles. The summed E-state index contributed by atoms with van der Waals surface area (Å²) in [4.78, 5) is 25.8. The molecule has 0 aliphatic carbocycles. The molecule has 0 N–H and O–H groups in total. The number of likely N-dealkylation sites (tertiary alicyclic amines) is 1. The Labute approximate surface area is 132 Å². The van der Waals surface area contributed by atoms with Crippen LogP contribution in [0.1, 0.15) is 55.6 Å². The zero-order valence-corrected chi connectivity index (χ0v) is 13.7. The van der Waals surface area contributed by atoms with Crippen molar-refractivity contribution in [2.24, 2.45) is 0 Å². The van der Waals surface area contributed by atoms with Gasteiger partial charge >= 0.3 is 0 Å². The minimum absolute atomic E-state index is 0.256. The Morgan fingerprint density at radius 3 is 3.05 bits per heavy atom. The van der Waals surface area contributed by atoms with Crippen molar-refractivity contribution in [1.82, 2.24) is 19.8 Å². The van der Waals surface area contributed by atoms with Crippen molar-refractivity contribution in [2.45, 2.75) is 51.5 Å². The van der Waals surface area contributed by atoms with Crippen LogP contribution < -0.4 is 0 Å². The average molecular weight is 302 g/mol. The normalized spacial score (nSPS) is 22.5. The Bertz CT molecular complexity index is 545. The highest BCUT2D eigenvalue weighted by atomic mass is 16.2. The molecule has 1 fully saturated rings. The molecule has 2 aliphatic rings. The number of piperidine rings is 1. The molecule has 1 amide bonds. The highest BCUT2D eigenvalue weighted by Crippen LogP contribution is 2.25. The van der Waals surface area contributed by atoms with E-state index in [1.165, 1.54) is 19.4 Å². The smallest absolute Gasteiger partial charge is 0.222 e. The van der Waals surface area contributed by atoms with Gasteiger partial charge in [0.15, 0.2) is 0 Å². The van der Waals surface area contributed by atoms with Crippen LogP contribution in [0.15, 0.2) is 6.20 Å². The quantitative estimate of drug-likeness (QED) is 0.856. The molecule has 120 valence electrons. The van der Waals surface area contributed by atoms with Gasteiger partial charge in [0.05, 0.1) is 5.69 Å². The number of fused-ring (bicyclic) bond motifs is 1. The average Bonchev–Trinajstić information content (AvgIpc) is 2.54.